The number of ether oxygens (including phenoxy) is 1. The Kier molecular flexibility index (Phi) is 12.8. The first-order valence-electron chi connectivity index (χ1n) is 13.0. The summed E-state index contributed by atoms with van der Waals surface area (Å²) in [5, 5.41) is 0. The van der Waals surface area contributed by atoms with Crippen molar-refractivity contribution in [1.29, 1.82) is 0 Å². The van der Waals surface area contributed by atoms with E-state index in [0.29, 0.717) is 11.5 Å². The summed E-state index contributed by atoms with van der Waals surface area (Å²) < 4.78 is 6.33. The highest BCUT2D eigenvalue weighted by atomic mass is 16.5. The van der Waals surface area contributed by atoms with Gasteiger partial charge in [0.2, 0.25) is 0 Å². The zero-order valence-electron chi connectivity index (χ0n) is 18.7. The third-order valence-electron chi connectivity index (χ3n) is 7.49. The lowest BCUT2D eigenvalue weighted by Gasteiger charge is -2.42. The maximum absolute atomic E-state index is 6.33. The molecule has 1 nitrogen and oxygen atoms in total. The van der Waals surface area contributed by atoms with Crippen molar-refractivity contribution in [3.05, 3.63) is 0 Å². The Bertz CT molecular complexity index is 323. The predicted octanol–water partition coefficient (Wildman–Crippen LogP) is 8.99. The topological polar surface area (TPSA) is 9.23 Å². The van der Waals surface area contributed by atoms with Crippen LogP contribution < -0.4 is 0 Å². The first kappa shape index (κ1) is 23.2. The fourth-order valence-electron chi connectivity index (χ4n) is 5.71. The van der Waals surface area contributed by atoms with E-state index in [9.17, 15) is 0 Å². The Hall–Kier alpha value is -0.0400. The molecule has 0 bridgehead atoms. The standard InChI is InChI=1S/C26H50O/c1-2-3-4-5-6-7-8-9-10-11-12-16-21-26(22-17-13-14-18-23-26)25-20-15-19-24-27-25/h25H,2-24H2,1H3. The van der Waals surface area contributed by atoms with Gasteiger partial charge in [-0.25, -0.2) is 0 Å². The van der Waals surface area contributed by atoms with Gasteiger partial charge in [0.25, 0.3) is 0 Å². The molecule has 1 atom stereocenters. The van der Waals surface area contributed by atoms with Gasteiger partial charge in [-0.1, -0.05) is 110 Å². The lowest BCUT2D eigenvalue weighted by molar-refractivity contribution is -0.0805. The molecule has 0 aromatic heterocycles. The van der Waals surface area contributed by atoms with E-state index in [1.54, 1.807) is 0 Å². The summed E-state index contributed by atoms with van der Waals surface area (Å²) in [5.74, 6) is 0. The molecule has 0 spiro atoms. The molecule has 0 N–H and O–H groups in total. The van der Waals surface area contributed by atoms with Gasteiger partial charge in [-0.3, -0.25) is 0 Å². The molecule has 1 saturated heterocycles. The lowest BCUT2D eigenvalue weighted by atomic mass is 9.69. The monoisotopic (exact) mass is 378 g/mol. The van der Waals surface area contributed by atoms with Gasteiger partial charge in [0.05, 0.1) is 6.10 Å². The van der Waals surface area contributed by atoms with Gasteiger partial charge in [0.15, 0.2) is 0 Å². The average molecular weight is 379 g/mol. The minimum atomic E-state index is 0.551. The first-order valence-corrected chi connectivity index (χ1v) is 13.0. The molecule has 2 aliphatic rings. The van der Waals surface area contributed by atoms with Gasteiger partial charge in [0.1, 0.15) is 0 Å². The van der Waals surface area contributed by atoms with Crippen molar-refractivity contribution in [1.82, 2.24) is 0 Å². The molecule has 27 heavy (non-hydrogen) atoms. The quantitative estimate of drug-likeness (QED) is 0.216. The number of hydrogen-bond donors (Lipinski definition) is 0. The van der Waals surface area contributed by atoms with Crippen molar-refractivity contribution in [3.8, 4) is 0 Å². The van der Waals surface area contributed by atoms with Crippen LogP contribution in [0.25, 0.3) is 0 Å². The summed E-state index contributed by atoms with van der Waals surface area (Å²) in [4.78, 5) is 0. The van der Waals surface area contributed by atoms with Crippen LogP contribution in [0.5, 0.6) is 0 Å². The fraction of sp³-hybridized carbons (Fsp3) is 1.00. The molecule has 0 aromatic rings. The summed E-state index contributed by atoms with van der Waals surface area (Å²) in [6, 6.07) is 0. The number of rotatable bonds is 14. The van der Waals surface area contributed by atoms with Gasteiger partial charge >= 0.3 is 0 Å². The highest BCUT2D eigenvalue weighted by molar-refractivity contribution is 4.90. The molecule has 0 amide bonds. The molecule has 2 fully saturated rings. The zero-order chi connectivity index (χ0) is 19.0. The highest BCUT2D eigenvalue weighted by Crippen LogP contribution is 2.46. The van der Waals surface area contributed by atoms with Gasteiger partial charge in [-0.2, -0.15) is 0 Å². The maximum atomic E-state index is 6.33. The fourth-order valence-corrected chi connectivity index (χ4v) is 5.71. The second kappa shape index (κ2) is 14.9. The smallest absolute Gasteiger partial charge is 0.0631 e. The van der Waals surface area contributed by atoms with E-state index >= 15 is 0 Å². The van der Waals surface area contributed by atoms with Crippen molar-refractivity contribution in [2.75, 3.05) is 6.61 Å². The molecule has 1 heteroatoms. The van der Waals surface area contributed by atoms with E-state index in [1.807, 2.05) is 0 Å². The molecule has 1 saturated carbocycles. The van der Waals surface area contributed by atoms with Crippen LogP contribution in [-0.4, -0.2) is 12.7 Å². The summed E-state index contributed by atoms with van der Waals surface area (Å²) in [6.45, 7) is 3.34. The second-order valence-electron chi connectivity index (χ2n) is 9.77. The van der Waals surface area contributed by atoms with Crippen LogP contribution in [0.4, 0.5) is 0 Å². The van der Waals surface area contributed by atoms with Crippen molar-refractivity contribution in [3.63, 3.8) is 0 Å². The molecule has 0 radical (unpaired) electrons. The van der Waals surface area contributed by atoms with Crippen molar-refractivity contribution in [2.45, 2.75) is 154 Å². The molecule has 1 unspecified atom stereocenters. The first-order chi connectivity index (χ1) is 13.4. The Labute approximate surface area is 171 Å². The largest absolute Gasteiger partial charge is 0.378 e. The number of unbranched alkanes of at least 4 members (excludes halogenated alkanes) is 11. The van der Waals surface area contributed by atoms with Gasteiger partial charge in [0, 0.05) is 6.61 Å². The Morgan fingerprint density at radius 1 is 0.630 bits per heavy atom. The minimum Gasteiger partial charge on any atom is -0.378 e. The van der Waals surface area contributed by atoms with E-state index < -0.39 is 0 Å². The van der Waals surface area contributed by atoms with Crippen LogP contribution in [-0.2, 0) is 4.74 Å². The van der Waals surface area contributed by atoms with Crippen molar-refractivity contribution in [2.24, 2.45) is 5.41 Å². The third kappa shape index (κ3) is 9.33. The van der Waals surface area contributed by atoms with Crippen LogP contribution in [0.1, 0.15) is 148 Å². The Balaban J connectivity index is 1.55. The molecular weight excluding hydrogens is 328 g/mol. The minimum absolute atomic E-state index is 0.551. The summed E-state index contributed by atoms with van der Waals surface area (Å²) >= 11 is 0. The molecule has 1 heterocycles. The Morgan fingerprint density at radius 2 is 1.19 bits per heavy atom. The summed E-state index contributed by atoms with van der Waals surface area (Å²) in [7, 11) is 0. The Morgan fingerprint density at radius 3 is 1.70 bits per heavy atom. The van der Waals surface area contributed by atoms with Crippen molar-refractivity contribution >= 4 is 0 Å². The normalized spacial score (nSPS) is 23.2. The average Bonchev–Trinajstić information content (AvgIpc) is 2.96. The number of hydrogen-bond acceptors (Lipinski definition) is 1. The van der Waals surface area contributed by atoms with Crippen LogP contribution in [0, 0.1) is 5.41 Å². The third-order valence-corrected chi connectivity index (χ3v) is 7.49. The molecule has 160 valence electrons. The molecule has 2 rings (SSSR count). The molecule has 0 aromatic carbocycles. The van der Waals surface area contributed by atoms with Gasteiger partial charge in [-0.15, -0.1) is 0 Å². The van der Waals surface area contributed by atoms with Gasteiger partial charge < -0.3 is 4.74 Å². The summed E-state index contributed by atoms with van der Waals surface area (Å²) in [5.41, 5.74) is 0.551. The van der Waals surface area contributed by atoms with E-state index in [0.717, 1.165) is 6.61 Å². The van der Waals surface area contributed by atoms with E-state index in [2.05, 4.69) is 6.92 Å². The van der Waals surface area contributed by atoms with Crippen LogP contribution in [0.2, 0.25) is 0 Å². The molecule has 1 aliphatic heterocycles. The van der Waals surface area contributed by atoms with Gasteiger partial charge in [-0.05, 0) is 43.9 Å². The highest BCUT2D eigenvalue weighted by Gasteiger charge is 2.39. The predicted molar refractivity (Wildman–Crippen MR) is 119 cm³/mol. The SMILES string of the molecule is CCCCCCCCCCCCCCC1(C2CCCCO2)CCCCCC1. The lowest BCUT2D eigenvalue weighted by Crippen LogP contribution is -2.39. The van der Waals surface area contributed by atoms with Crippen LogP contribution in [0.3, 0.4) is 0 Å². The van der Waals surface area contributed by atoms with Crippen LogP contribution >= 0.6 is 0 Å². The molecular formula is C26H50O. The van der Waals surface area contributed by atoms with E-state index in [1.165, 1.54) is 141 Å². The van der Waals surface area contributed by atoms with Crippen molar-refractivity contribution < 1.29 is 4.74 Å². The summed E-state index contributed by atoms with van der Waals surface area (Å²) in [6.07, 6.45) is 32.4. The second-order valence-corrected chi connectivity index (χ2v) is 9.77. The van der Waals surface area contributed by atoms with E-state index in [-0.39, 0.29) is 0 Å². The van der Waals surface area contributed by atoms with Crippen LogP contribution in [0.15, 0.2) is 0 Å². The zero-order valence-corrected chi connectivity index (χ0v) is 18.7. The molecule has 1 aliphatic carbocycles. The maximum Gasteiger partial charge on any atom is 0.0631 e. The van der Waals surface area contributed by atoms with E-state index in [4.69, 9.17) is 4.74 Å².